The van der Waals surface area contributed by atoms with E-state index in [1.54, 1.807) is 31.2 Å². The second-order valence-corrected chi connectivity index (χ2v) is 7.67. The smallest absolute Gasteiger partial charge is 0.251 e. The summed E-state index contributed by atoms with van der Waals surface area (Å²) in [6.07, 6.45) is 0.316. The van der Waals surface area contributed by atoms with Gasteiger partial charge in [-0.1, -0.05) is 0 Å². The maximum atomic E-state index is 12.4. The van der Waals surface area contributed by atoms with Crippen LogP contribution in [-0.4, -0.2) is 63.8 Å². The minimum Gasteiger partial charge on any atom is -0.394 e. The summed E-state index contributed by atoms with van der Waals surface area (Å²) in [7, 11) is -3.35. The van der Waals surface area contributed by atoms with Crippen molar-refractivity contribution < 1.29 is 27.8 Å². The van der Waals surface area contributed by atoms with Crippen LogP contribution in [0.15, 0.2) is 24.3 Å². The lowest BCUT2D eigenvalue weighted by Crippen LogP contribution is -2.50. The number of ether oxygens (including phenoxy) is 2. The zero-order valence-corrected chi connectivity index (χ0v) is 14.9. The second kappa shape index (κ2) is 9.14. The van der Waals surface area contributed by atoms with Gasteiger partial charge >= 0.3 is 0 Å². The van der Waals surface area contributed by atoms with Crippen molar-refractivity contribution >= 4 is 21.6 Å². The Balaban J connectivity index is 1.97. The number of nitrogens with one attached hydrogen (secondary N) is 2. The number of sulfonamides is 1. The normalized spacial score (nSPS) is 20.9. The molecule has 0 radical (unpaired) electrons. The number of aliphatic hydroxyl groups is 1. The zero-order valence-electron chi connectivity index (χ0n) is 14.1. The van der Waals surface area contributed by atoms with Gasteiger partial charge in [0.1, 0.15) is 6.10 Å². The minimum absolute atomic E-state index is 0.0196. The van der Waals surface area contributed by atoms with Gasteiger partial charge in [0.25, 0.3) is 5.91 Å². The SMILES string of the molecule is CCS(=O)(=O)Nc1ccc(C(=O)N[C@@H]2CCOC[C@H]2OCCO)cc1. The van der Waals surface area contributed by atoms with E-state index in [-0.39, 0.29) is 37.0 Å². The maximum Gasteiger partial charge on any atom is 0.251 e. The summed E-state index contributed by atoms with van der Waals surface area (Å²) in [6, 6.07) is 6.01. The van der Waals surface area contributed by atoms with Gasteiger partial charge in [-0.05, 0) is 37.6 Å². The Kier molecular flexibility index (Phi) is 7.18. The van der Waals surface area contributed by atoms with Crippen molar-refractivity contribution in [2.24, 2.45) is 0 Å². The topological polar surface area (TPSA) is 114 Å². The molecule has 9 heteroatoms. The fraction of sp³-hybridized carbons (Fsp3) is 0.562. The van der Waals surface area contributed by atoms with E-state index in [4.69, 9.17) is 14.6 Å². The molecule has 1 aliphatic rings. The van der Waals surface area contributed by atoms with Crippen LogP contribution >= 0.6 is 0 Å². The Labute approximate surface area is 147 Å². The van der Waals surface area contributed by atoms with E-state index >= 15 is 0 Å². The third-order valence-electron chi connectivity index (χ3n) is 3.84. The van der Waals surface area contributed by atoms with Crippen molar-refractivity contribution in [1.29, 1.82) is 0 Å². The van der Waals surface area contributed by atoms with Crippen molar-refractivity contribution in [3.8, 4) is 0 Å². The predicted octanol–water partition coefficient (Wildman–Crippen LogP) is 0.344. The monoisotopic (exact) mass is 372 g/mol. The van der Waals surface area contributed by atoms with Gasteiger partial charge in [0.2, 0.25) is 10.0 Å². The summed E-state index contributed by atoms with van der Waals surface area (Å²) < 4.78 is 36.4. The molecule has 1 aromatic carbocycles. The van der Waals surface area contributed by atoms with E-state index < -0.39 is 10.0 Å². The first-order valence-corrected chi connectivity index (χ1v) is 9.82. The largest absolute Gasteiger partial charge is 0.394 e. The van der Waals surface area contributed by atoms with E-state index in [0.29, 0.717) is 30.9 Å². The van der Waals surface area contributed by atoms with E-state index in [2.05, 4.69) is 10.0 Å². The molecule has 1 amide bonds. The number of carbonyl (C=O) groups excluding carboxylic acids is 1. The number of carbonyl (C=O) groups is 1. The number of benzene rings is 1. The van der Waals surface area contributed by atoms with E-state index in [9.17, 15) is 13.2 Å². The van der Waals surface area contributed by atoms with Crippen molar-refractivity contribution in [1.82, 2.24) is 5.32 Å². The molecule has 0 aliphatic carbocycles. The standard InChI is InChI=1S/C16H24N2O6S/c1-2-25(21,22)18-13-5-3-12(4-6-13)16(20)17-14-7-9-23-11-15(14)24-10-8-19/h3-6,14-15,18-19H,2,7-11H2,1H3,(H,17,20)/t14-,15-/m1/s1. The second-order valence-electron chi connectivity index (χ2n) is 5.66. The first kappa shape index (κ1) is 19.6. The molecule has 2 atom stereocenters. The molecule has 1 heterocycles. The Hall–Kier alpha value is -1.68. The highest BCUT2D eigenvalue weighted by molar-refractivity contribution is 7.92. The summed E-state index contributed by atoms with van der Waals surface area (Å²) in [6.45, 7) is 2.54. The lowest BCUT2D eigenvalue weighted by molar-refractivity contribution is -0.0737. The first-order valence-electron chi connectivity index (χ1n) is 8.17. The average molecular weight is 372 g/mol. The van der Waals surface area contributed by atoms with Crippen molar-refractivity contribution in [2.45, 2.75) is 25.5 Å². The van der Waals surface area contributed by atoms with Gasteiger partial charge in [-0.25, -0.2) is 8.42 Å². The third kappa shape index (κ3) is 5.96. The van der Waals surface area contributed by atoms with Gasteiger partial charge in [0.05, 0.1) is 31.6 Å². The van der Waals surface area contributed by atoms with Gasteiger partial charge in [-0.15, -0.1) is 0 Å². The molecule has 140 valence electrons. The third-order valence-corrected chi connectivity index (χ3v) is 5.15. The van der Waals surface area contributed by atoms with Gasteiger partial charge < -0.3 is 19.9 Å². The number of amides is 1. The van der Waals surface area contributed by atoms with Crippen LogP contribution in [-0.2, 0) is 19.5 Å². The highest BCUT2D eigenvalue weighted by Gasteiger charge is 2.28. The molecule has 0 bridgehead atoms. The summed E-state index contributed by atoms with van der Waals surface area (Å²) in [5, 5.41) is 11.8. The molecule has 3 N–H and O–H groups in total. The van der Waals surface area contributed by atoms with Crippen LogP contribution in [0.5, 0.6) is 0 Å². The van der Waals surface area contributed by atoms with Gasteiger partial charge in [0, 0.05) is 17.9 Å². The predicted molar refractivity (Wildman–Crippen MR) is 93.0 cm³/mol. The average Bonchev–Trinajstić information content (AvgIpc) is 2.61. The Morgan fingerprint density at radius 1 is 1.36 bits per heavy atom. The molecule has 0 spiro atoms. The maximum absolute atomic E-state index is 12.4. The van der Waals surface area contributed by atoms with Crippen molar-refractivity contribution in [3.05, 3.63) is 29.8 Å². The van der Waals surface area contributed by atoms with Crippen LogP contribution in [0.4, 0.5) is 5.69 Å². The Morgan fingerprint density at radius 2 is 2.08 bits per heavy atom. The summed E-state index contributed by atoms with van der Waals surface area (Å²) in [5.74, 6) is -0.289. The van der Waals surface area contributed by atoms with Gasteiger partial charge in [-0.3, -0.25) is 9.52 Å². The quantitative estimate of drug-likeness (QED) is 0.607. The molecule has 0 unspecified atom stereocenters. The van der Waals surface area contributed by atoms with E-state index in [0.717, 1.165) is 0 Å². The summed E-state index contributed by atoms with van der Waals surface area (Å²) in [4.78, 5) is 12.4. The number of aliphatic hydroxyl groups excluding tert-OH is 1. The molecule has 0 aromatic heterocycles. The van der Waals surface area contributed by atoms with Crippen LogP contribution in [0.3, 0.4) is 0 Å². The molecule has 1 fully saturated rings. The summed E-state index contributed by atoms with van der Waals surface area (Å²) in [5.41, 5.74) is 0.834. The van der Waals surface area contributed by atoms with Crippen molar-refractivity contribution in [3.63, 3.8) is 0 Å². The Bertz CT molecular complexity index is 662. The number of hydrogen-bond donors (Lipinski definition) is 3. The molecule has 1 aromatic rings. The van der Waals surface area contributed by atoms with Gasteiger partial charge in [0.15, 0.2) is 0 Å². The number of anilines is 1. The minimum atomic E-state index is -3.35. The number of hydrogen-bond acceptors (Lipinski definition) is 6. The van der Waals surface area contributed by atoms with Crippen LogP contribution in [0.2, 0.25) is 0 Å². The van der Waals surface area contributed by atoms with Crippen molar-refractivity contribution in [2.75, 3.05) is 36.9 Å². The lowest BCUT2D eigenvalue weighted by Gasteiger charge is -2.32. The molecule has 1 saturated heterocycles. The summed E-state index contributed by atoms with van der Waals surface area (Å²) >= 11 is 0. The highest BCUT2D eigenvalue weighted by atomic mass is 32.2. The molecule has 1 aliphatic heterocycles. The van der Waals surface area contributed by atoms with E-state index in [1.165, 1.54) is 0 Å². The van der Waals surface area contributed by atoms with E-state index in [1.807, 2.05) is 0 Å². The van der Waals surface area contributed by atoms with Crippen LogP contribution in [0.1, 0.15) is 23.7 Å². The lowest BCUT2D eigenvalue weighted by atomic mass is 10.1. The van der Waals surface area contributed by atoms with Crippen LogP contribution in [0, 0.1) is 0 Å². The molecular formula is C16H24N2O6S. The molecular weight excluding hydrogens is 348 g/mol. The van der Waals surface area contributed by atoms with Crippen LogP contribution < -0.4 is 10.0 Å². The molecule has 25 heavy (non-hydrogen) atoms. The number of rotatable bonds is 8. The fourth-order valence-electron chi connectivity index (χ4n) is 2.44. The fourth-order valence-corrected chi connectivity index (χ4v) is 3.08. The first-order chi connectivity index (χ1) is 11.9. The highest BCUT2D eigenvalue weighted by Crippen LogP contribution is 2.15. The zero-order chi connectivity index (χ0) is 18.3. The molecule has 2 rings (SSSR count). The molecule has 8 nitrogen and oxygen atoms in total. The molecule has 0 saturated carbocycles. The van der Waals surface area contributed by atoms with Gasteiger partial charge in [-0.2, -0.15) is 0 Å². The Morgan fingerprint density at radius 3 is 2.72 bits per heavy atom. The van der Waals surface area contributed by atoms with Crippen LogP contribution in [0.25, 0.3) is 0 Å².